The molecule has 0 unspecified atom stereocenters. The van der Waals surface area contributed by atoms with Crippen LogP contribution in [0.4, 0.5) is 0 Å². The van der Waals surface area contributed by atoms with Crippen LogP contribution in [0.5, 0.6) is 5.75 Å². The average Bonchev–Trinajstić information content (AvgIpc) is 3.17. The summed E-state index contributed by atoms with van der Waals surface area (Å²) in [5, 5.41) is 5.84. The van der Waals surface area contributed by atoms with Gasteiger partial charge in [-0.05, 0) is 55.0 Å². The van der Waals surface area contributed by atoms with E-state index in [1.165, 1.54) is 25.7 Å². The van der Waals surface area contributed by atoms with E-state index in [-0.39, 0.29) is 11.0 Å². The van der Waals surface area contributed by atoms with Crippen LogP contribution in [0.2, 0.25) is 0 Å². The van der Waals surface area contributed by atoms with Crippen molar-refractivity contribution in [1.29, 1.82) is 0 Å². The summed E-state index contributed by atoms with van der Waals surface area (Å²) in [6, 6.07) is 10.7. The average molecular weight is 375 g/mol. The zero-order valence-corrected chi connectivity index (χ0v) is 15.9. The second-order valence-corrected chi connectivity index (χ2v) is 6.41. The van der Waals surface area contributed by atoms with Crippen molar-refractivity contribution in [3.63, 3.8) is 0 Å². The quantitative estimate of drug-likeness (QED) is 0.476. The number of ether oxygens (including phenoxy) is 1. The Bertz CT molecular complexity index is 669. The van der Waals surface area contributed by atoms with E-state index in [1.807, 2.05) is 6.07 Å². The number of furan rings is 1. The van der Waals surface area contributed by atoms with Gasteiger partial charge in [-0.15, -0.1) is 0 Å². The first kappa shape index (κ1) is 20.0. The van der Waals surface area contributed by atoms with E-state index in [1.54, 1.807) is 36.6 Å². The third kappa shape index (κ3) is 7.27. The second kappa shape index (κ2) is 11.3. The maximum atomic E-state index is 12.2. The van der Waals surface area contributed by atoms with Crippen molar-refractivity contribution >= 4 is 23.2 Å². The fourth-order valence-corrected chi connectivity index (χ4v) is 2.56. The van der Waals surface area contributed by atoms with Crippen LogP contribution < -0.4 is 15.4 Å². The predicted octanol–water partition coefficient (Wildman–Crippen LogP) is 4.43. The Morgan fingerprint density at radius 3 is 2.58 bits per heavy atom. The van der Waals surface area contributed by atoms with Gasteiger partial charge < -0.3 is 14.5 Å². The smallest absolute Gasteiger partial charge is 0.257 e. The Kier molecular flexibility index (Phi) is 8.69. The highest BCUT2D eigenvalue weighted by molar-refractivity contribution is 7.80. The van der Waals surface area contributed by atoms with Crippen molar-refractivity contribution in [2.75, 3.05) is 6.61 Å². The zero-order valence-electron chi connectivity index (χ0n) is 15.1. The Balaban J connectivity index is 1.69. The number of carbonyl (C=O) groups excluding carboxylic acids is 1. The Morgan fingerprint density at radius 2 is 1.88 bits per heavy atom. The van der Waals surface area contributed by atoms with Crippen molar-refractivity contribution in [3.05, 3.63) is 54.0 Å². The van der Waals surface area contributed by atoms with E-state index in [4.69, 9.17) is 21.4 Å². The second-order valence-electron chi connectivity index (χ2n) is 6.00. The molecular weight excluding hydrogens is 348 g/mol. The zero-order chi connectivity index (χ0) is 18.6. The molecule has 2 N–H and O–H groups in total. The van der Waals surface area contributed by atoms with Crippen molar-refractivity contribution < 1.29 is 13.9 Å². The largest absolute Gasteiger partial charge is 0.494 e. The number of benzene rings is 1. The van der Waals surface area contributed by atoms with Crippen LogP contribution in [-0.2, 0) is 6.54 Å². The van der Waals surface area contributed by atoms with Gasteiger partial charge in [0.1, 0.15) is 11.5 Å². The molecule has 0 saturated heterocycles. The molecule has 140 valence electrons. The monoisotopic (exact) mass is 374 g/mol. The van der Waals surface area contributed by atoms with Crippen molar-refractivity contribution in [2.45, 2.75) is 45.6 Å². The van der Waals surface area contributed by atoms with E-state index in [0.717, 1.165) is 17.9 Å². The highest BCUT2D eigenvalue weighted by Gasteiger charge is 2.08. The molecule has 2 rings (SSSR count). The first-order valence-electron chi connectivity index (χ1n) is 9.03. The van der Waals surface area contributed by atoms with E-state index < -0.39 is 0 Å². The molecule has 1 aromatic carbocycles. The molecule has 1 aromatic heterocycles. The highest BCUT2D eigenvalue weighted by Crippen LogP contribution is 2.13. The van der Waals surface area contributed by atoms with Gasteiger partial charge in [-0.1, -0.05) is 32.6 Å². The summed E-state index contributed by atoms with van der Waals surface area (Å²) in [7, 11) is 0. The molecular formula is C20H26N2O3S. The van der Waals surface area contributed by atoms with Gasteiger partial charge >= 0.3 is 0 Å². The lowest BCUT2D eigenvalue weighted by Crippen LogP contribution is -2.38. The van der Waals surface area contributed by atoms with Gasteiger partial charge in [0.05, 0.1) is 19.4 Å². The van der Waals surface area contributed by atoms with Gasteiger partial charge in [0.2, 0.25) is 0 Å². The first-order chi connectivity index (χ1) is 12.7. The molecule has 0 radical (unpaired) electrons. The number of rotatable bonds is 10. The van der Waals surface area contributed by atoms with Gasteiger partial charge in [0.15, 0.2) is 5.11 Å². The predicted molar refractivity (Wildman–Crippen MR) is 106 cm³/mol. The molecule has 0 atom stereocenters. The summed E-state index contributed by atoms with van der Waals surface area (Å²) in [6.07, 6.45) is 7.61. The lowest BCUT2D eigenvalue weighted by atomic mass is 10.2. The number of hydrogen-bond acceptors (Lipinski definition) is 4. The van der Waals surface area contributed by atoms with Crippen molar-refractivity contribution in [1.82, 2.24) is 10.6 Å². The number of amides is 1. The minimum absolute atomic E-state index is 0.256. The number of carbonyl (C=O) groups is 1. The molecule has 26 heavy (non-hydrogen) atoms. The minimum Gasteiger partial charge on any atom is -0.494 e. The van der Waals surface area contributed by atoms with Crippen molar-refractivity contribution in [3.8, 4) is 5.75 Å². The molecule has 0 aliphatic heterocycles. The number of unbranched alkanes of at least 4 members (excludes halogenated alkanes) is 4. The Labute approximate surface area is 160 Å². The topological polar surface area (TPSA) is 63.5 Å². The SMILES string of the molecule is CCCCCCCOc1ccc(C(=O)NC(=S)NCc2ccco2)cc1. The molecule has 0 bridgehead atoms. The standard InChI is InChI=1S/C20H26N2O3S/c1-2-3-4-5-6-13-24-17-11-9-16(10-12-17)19(23)22-20(26)21-15-18-8-7-14-25-18/h7-12,14H,2-6,13,15H2,1H3,(H2,21,22,23,26). The normalized spacial score (nSPS) is 10.3. The third-order valence-electron chi connectivity index (χ3n) is 3.86. The molecule has 6 heteroatoms. The summed E-state index contributed by atoms with van der Waals surface area (Å²) in [4.78, 5) is 12.2. The van der Waals surface area contributed by atoms with E-state index >= 15 is 0 Å². The Hall–Kier alpha value is -2.34. The van der Waals surface area contributed by atoms with Gasteiger partial charge in [0.25, 0.3) is 5.91 Å². The van der Waals surface area contributed by atoms with E-state index in [2.05, 4.69) is 17.6 Å². The Morgan fingerprint density at radius 1 is 1.12 bits per heavy atom. The molecule has 5 nitrogen and oxygen atoms in total. The molecule has 2 aromatic rings. The molecule has 0 fully saturated rings. The fourth-order valence-electron chi connectivity index (χ4n) is 2.40. The highest BCUT2D eigenvalue weighted by atomic mass is 32.1. The maximum Gasteiger partial charge on any atom is 0.257 e. The minimum atomic E-state index is -0.256. The molecule has 1 heterocycles. The third-order valence-corrected chi connectivity index (χ3v) is 4.11. The lowest BCUT2D eigenvalue weighted by Gasteiger charge is -2.09. The summed E-state index contributed by atoms with van der Waals surface area (Å²) in [5.41, 5.74) is 0.530. The maximum absolute atomic E-state index is 12.2. The van der Waals surface area contributed by atoms with Crippen LogP contribution in [-0.4, -0.2) is 17.6 Å². The van der Waals surface area contributed by atoms with Crippen LogP contribution in [0.25, 0.3) is 0 Å². The van der Waals surface area contributed by atoms with Crippen LogP contribution >= 0.6 is 12.2 Å². The summed E-state index contributed by atoms with van der Waals surface area (Å²) in [6.45, 7) is 3.34. The lowest BCUT2D eigenvalue weighted by molar-refractivity contribution is 0.0976. The molecule has 1 amide bonds. The van der Waals surface area contributed by atoms with Gasteiger partial charge in [-0.2, -0.15) is 0 Å². The van der Waals surface area contributed by atoms with E-state index in [9.17, 15) is 4.79 Å². The summed E-state index contributed by atoms with van der Waals surface area (Å²) in [5.74, 6) is 1.27. The molecule has 0 saturated carbocycles. The number of thiocarbonyl (C=S) groups is 1. The first-order valence-corrected chi connectivity index (χ1v) is 9.44. The van der Waals surface area contributed by atoms with Crippen LogP contribution in [0.15, 0.2) is 47.1 Å². The summed E-state index contributed by atoms with van der Waals surface area (Å²) < 4.78 is 10.9. The van der Waals surface area contributed by atoms with Gasteiger partial charge in [-0.3, -0.25) is 10.1 Å². The molecule has 0 aliphatic carbocycles. The van der Waals surface area contributed by atoms with E-state index in [0.29, 0.717) is 18.7 Å². The summed E-state index contributed by atoms with van der Waals surface area (Å²) >= 11 is 5.12. The van der Waals surface area contributed by atoms with Gasteiger partial charge in [-0.25, -0.2) is 0 Å². The molecule has 0 aliphatic rings. The van der Waals surface area contributed by atoms with Crippen molar-refractivity contribution in [2.24, 2.45) is 0 Å². The number of hydrogen-bond donors (Lipinski definition) is 2. The van der Waals surface area contributed by atoms with Crippen LogP contribution in [0, 0.1) is 0 Å². The van der Waals surface area contributed by atoms with Gasteiger partial charge in [0, 0.05) is 5.56 Å². The van der Waals surface area contributed by atoms with Crippen LogP contribution in [0.1, 0.15) is 55.1 Å². The fraction of sp³-hybridized carbons (Fsp3) is 0.400. The number of nitrogens with one attached hydrogen (secondary N) is 2. The molecule has 0 spiro atoms. The van der Waals surface area contributed by atoms with Crippen LogP contribution in [0.3, 0.4) is 0 Å².